The molecule has 1 heterocycles. The van der Waals surface area contributed by atoms with Gasteiger partial charge in [-0.3, -0.25) is 4.90 Å². The molecule has 0 unspecified atom stereocenters. The van der Waals surface area contributed by atoms with Crippen LogP contribution in [-0.2, 0) is 17.7 Å². The lowest BCUT2D eigenvalue weighted by Gasteiger charge is -2.32. The van der Waals surface area contributed by atoms with E-state index < -0.39 is 0 Å². The van der Waals surface area contributed by atoms with Crippen LogP contribution in [0.1, 0.15) is 44.2 Å². The van der Waals surface area contributed by atoms with Gasteiger partial charge in [-0.05, 0) is 42.9 Å². The number of rotatable bonds is 8. The zero-order valence-electron chi connectivity index (χ0n) is 13.8. The normalized spacial score (nSPS) is 14.3. The number of nitrogens with one attached hydrogen (secondary N) is 1. The average molecular weight is 290 g/mol. The van der Waals surface area contributed by atoms with Crippen molar-refractivity contribution in [3.05, 3.63) is 29.3 Å². The van der Waals surface area contributed by atoms with E-state index in [0.29, 0.717) is 6.04 Å². The van der Waals surface area contributed by atoms with Crippen LogP contribution in [0.2, 0.25) is 0 Å². The second-order valence-corrected chi connectivity index (χ2v) is 5.91. The molecule has 118 valence electrons. The van der Waals surface area contributed by atoms with E-state index >= 15 is 0 Å². The number of hydrogen-bond donors (Lipinski definition) is 1. The monoisotopic (exact) mass is 290 g/mol. The fourth-order valence-corrected chi connectivity index (χ4v) is 3.35. The van der Waals surface area contributed by atoms with Gasteiger partial charge in [0.05, 0.1) is 6.61 Å². The first kappa shape index (κ1) is 16.3. The van der Waals surface area contributed by atoms with Crippen molar-refractivity contribution in [3.63, 3.8) is 0 Å². The summed E-state index contributed by atoms with van der Waals surface area (Å²) in [6, 6.07) is 7.35. The third kappa shape index (κ3) is 4.21. The minimum atomic E-state index is 0.646. The molecule has 0 aliphatic carbocycles. The molecule has 0 amide bonds. The average Bonchev–Trinajstić information content (AvgIpc) is 2.53. The highest BCUT2D eigenvalue weighted by Gasteiger charge is 2.18. The molecule has 0 spiro atoms. The molecule has 1 aliphatic heterocycles. The highest BCUT2D eigenvalue weighted by molar-refractivity contribution is 5.56. The van der Waals surface area contributed by atoms with Gasteiger partial charge in [0.15, 0.2) is 0 Å². The lowest BCUT2D eigenvalue weighted by Crippen LogP contribution is -2.36. The quantitative estimate of drug-likeness (QED) is 0.790. The summed E-state index contributed by atoms with van der Waals surface area (Å²) in [4.78, 5) is 2.59. The molecular weight excluding hydrogens is 260 g/mol. The standard InChI is InChI=1S/C18H30N2O/c1-4-16(5-2)20(12-13-21-3)14-15-8-6-10-18-17(15)9-7-11-19-18/h6,8,10,16,19H,4-5,7,9,11-14H2,1-3H3. The second-order valence-electron chi connectivity index (χ2n) is 5.91. The summed E-state index contributed by atoms with van der Waals surface area (Å²) in [7, 11) is 1.79. The van der Waals surface area contributed by atoms with Crippen molar-refractivity contribution in [2.24, 2.45) is 0 Å². The van der Waals surface area contributed by atoms with Crippen LogP contribution in [0.15, 0.2) is 18.2 Å². The van der Waals surface area contributed by atoms with Gasteiger partial charge in [0.2, 0.25) is 0 Å². The van der Waals surface area contributed by atoms with Crippen LogP contribution in [0, 0.1) is 0 Å². The number of benzene rings is 1. The molecule has 3 heteroatoms. The van der Waals surface area contributed by atoms with E-state index in [-0.39, 0.29) is 0 Å². The van der Waals surface area contributed by atoms with Crippen molar-refractivity contribution in [2.75, 3.05) is 32.1 Å². The summed E-state index contributed by atoms with van der Waals surface area (Å²) in [5, 5.41) is 3.53. The molecule has 3 nitrogen and oxygen atoms in total. The van der Waals surface area contributed by atoms with E-state index in [2.05, 4.69) is 42.3 Å². The van der Waals surface area contributed by atoms with Crippen LogP contribution < -0.4 is 5.32 Å². The number of anilines is 1. The lowest BCUT2D eigenvalue weighted by molar-refractivity contribution is 0.110. The van der Waals surface area contributed by atoms with Gasteiger partial charge in [0.1, 0.15) is 0 Å². The molecule has 0 aromatic heterocycles. The zero-order chi connectivity index (χ0) is 15.1. The van der Waals surface area contributed by atoms with Gasteiger partial charge >= 0.3 is 0 Å². The molecule has 0 radical (unpaired) electrons. The van der Waals surface area contributed by atoms with E-state index in [1.807, 2.05) is 0 Å². The van der Waals surface area contributed by atoms with Crippen molar-refractivity contribution in [1.82, 2.24) is 4.90 Å². The van der Waals surface area contributed by atoms with Gasteiger partial charge in [-0.1, -0.05) is 26.0 Å². The van der Waals surface area contributed by atoms with E-state index in [4.69, 9.17) is 4.74 Å². The summed E-state index contributed by atoms with van der Waals surface area (Å²) in [6.07, 6.45) is 4.85. The number of hydrogen-bond acceptors (Lipinski definition) is 3. The summed E-state index contributed by atoms with van der Waals surface area (Å²) in [5.41, 5.74) is 4.36. The third-order valence-electron chi connectivity index (χ3n) is 4.61. The molecule has 0 fully saturated rings. The van der Waals surface area contributed by atoms with Gasteiger partial charge in [0.25, 0.3) is 0 Å². The first-order chi connectivity index (χ1) is 10.3. The van der Waals surface area contributed by atoms with Gasteiger partial charge in [-0.2, -0.15) is 0 Å². The maximum atomic E-state index is 5.31. The Labute approximate surface area is 129 Å². The molecule has 1 aliphatic rings. The molecule has 1 N–H and O–H groups in total. The maximum Gasteiger partial charge on any atom is 0.0589 e. The lowest BCUT2D eigenvalue weighted by atomic mass is 9.96. The number of methoxy groups -OCH3 is 1. The van der Waals surface area contributed by atoms with Gasteiger partial charge in [-0.25, -0.2) is 0 Å². The topological polar surface area (TPSA) is 24.5 Å². The smallest absolute Gasteiger partial charge is 0.0589 e. The van der Waals surface area contributed by atoms with Crippen LogP contribution in [0.4, 0.5) is 5.69 Å². The highest BCUT2D eigenvalue weighted by Crippen LogP contribution is 2.27. The second kappa shape index (κ2) is 8.40. The molecule has 0 atom stereocenters. The van der Waals surface area contributed by atoms with Crippen molar-refractivity contribution < 1.29 is 4.74 Å². The van der Waals surface area contributed by atoms with Crippen molar-refractivity contribution >= 4 is 5.69 Å². The summed E-state index contributed by atoms with van der Waals surface area (Å²) in [5.74, 6) is 0. The summed E-state index contributed by atoms with van der Waals surface area (Å²) in [6.45, 7) is 8.55. The maximum absolute atomic E-state index is 5.31. The fourth-order valence-electron chi connectivity index (χ4n) is 3.35. The van der Waals surface area contributed by atoms with Crippen LogP contribution in [0.3, 0.4) is 0 Å². The van der Waals surface area contributed by atoms with Crippen molar-refractivity contribution in [3.8, 4) is 0 Å². The van der Waals surface area contributed by atoms with Gasteiger partial charge < -0.3 is 10.1 Å². The third-order valence-corrected chi connectivity index (χ3v) is 4.61. The Kier molecular flexibility index (Phi) is 6.52. The largest absolute Gasteiger partial charge is 0.385 e. The highest BCUT2D eigenvalue weighted by atomic mass is 16.5. The molecule has 2 rings (SSSR count). The molecule has 0 saturated carbocycles. The minimum Gasteiger partial charge on any atom is -0.385 e. The first-order valence-corrected chi connectivity index (χ1v) is 8.37. The molecule has 21 heavy (non-hydrogen) atoms. The van der Waals surface area contributed by atoms with E-state index in [1.165, 1.54) is 42.5 Å². The Bertz CT molecular complexity index is 429. The van der Waals surface area contributed by atoms with Crippen LogP contribution in [-0.4, -0.2) is 37.7 Å². The Morgan fingerprint density at radius 1 is 1.29 bits per heavy atom. The fraction of sp³-hybridized carbons (Fsp3) is 0.667. The Morgan fingerprint density at radius 3 is 2.81 bits per heavy atom. The van der Waals surface area contributed by atoms with Crippen LogP contribution >= 0.6 is 0 Å². The molecular formula is C18H30N2O. The van der Waals surface area contributed by atoms with Gasteiger partial charge in [0, 0.05) is 38.5 Å². The van der Waals surface area contributed by atoms with Crippen molar-refractivity contribution in [1.29, 1.82) is 0 Å². The SMILES string of the molecule is CCC(CC)N(CCOC)Cc1cccc2c1CCCN2. The van der Waals surface area contributed by atoms with E-state index in [1.54, 1.807) is 7.11 Å². The van der Waals surface area contributed by atoms with Crippen LogP contribution in [0.25, 0.3) is 0 Å². The molecule has 0 saturated heterocycles. The number of ether oxygens (including phenoxy) is 1. The predicted octanol–water partition coefficient (Wildman–Crippen LogP) is 3.68. The Hall–Kier alpha value is -1.06. The van der Waals surface area contributed by atoms with Gasteiger partial charge in [-0.15, -0.1) is 0 Å². The molecule has 0 bridgehead atoms. The Balaban J connectivity index is 2.15. The predicted molar refractivity (Wildman–Crippen MR) is 89.9 cm³/mol. The number of nitrogens with zero attached hydrogens (tertiary/aromatic N) is 1. The Morgan fingerprint density at radius 2 is 2.10 bits per heavy atom. The molecule has 1 aromatic rings. The van der Waals surface area contributed by atoms with Crippen molar-refractivity contribution in [2.45, 2.75) is 52.1 Å². The first-order valence-electron chi connectivity index (χ1n) is 8.37. The molecule has 1 aromatic carbocycles. The summed E-state index contributed by atoms with van der Waals surface area (Å²) >= 11 is 0. The zero-order valence-corrected chi connectivity index (χ0v) is 13.8. The number of fused-ring (bicyclic) bond motifs is 1. The van der Waals surface area contributed by atoms with E-state index in [9.17, 15) is 0 Å². The van der Waals surface area contributed by atoms with E-state index in [0.717, 1.165) is 26.2 Å². The van der Waals surface area contributed by atoms with Crippen LogP contribution in [0.5, 0.6) is 0 Å². The summed E-state index contributed by atoms with van der Waals surface area (Å²) < 4.78 is 5.31. The minimum absolute atomic E-state index is 0.646.